The zero-order valence-corrected chi connectivity index (χ0v) is 14.0. The minimum atomic E-state index is -0.0114. The maximum Gasteiger partial charge on any atom is 0.263 e. The highest BCUT2D eigenvalue weighted by Gasteiger charge is 2.35. The summed E-state index contributed by atoms with van der Waals surface area (Å²) in [6.07, 6.45) is 4.91. The smallest absolute Gasteiger partial charge is 0.263 e. The molecule has 2 heterocycles. The maximum atomic E-state index is 12.7. The number of hydrogen-bond acceptors (Lipinski definition) is 4. The first-order chi connectivity index (χ1) is 10.6. The van der Waals surface area contributed by atoms with Crippen molar-refractivity contribution < 1.29 is 4.79 Å². The highest BCUT2D eigenvalue weighted by molar-refractivity contribution is 7.13. The van der Waals surface area contributed by atoms with Crippen molar-refractivity contribution in [3.05, 3.63) is 45.2 Å². The molecule has 0 aliphatic heterocycles. The second-order valence-electron chi connectivity index (χ2n) is 5.91. The molecule has 4 nitrogen and oxygen atoms in total. The Morgan fingerprint density at radius 2 is 2.23 bits per heavy atom. The van der Waals surface area contributed by atoms with Crippen LogP contribution in [0.5, 0.6) is 0 Å². The molecule has 0 saturated heterocycles. The van der Waals surface area contributed by atoms with Crippen molar-refractivity contribution >= 4 is 17.2 Å². The number of hydrogen-bond donors (Lipinski definition) is 1. The molecular formula is C17H21N3OS. The summed E-state index contributed by atoms with van der Waals surface area (Å²) in [5, 5.41) is 4.14. The van der Waals surface area contributed by atoms with E-state index in [0.29, 0.717) is 5.92 Å². The van der Waals surface area contributed by atoms with Crippen LogP contribution < -0.4 is 5.32 Å². The first kappa shape index (κ1) is 15.2. The molecule has 1 amide bonds. The third-order valence-corrected chi connectivity index (χ3v) is 4.99. The van der Waals surface area contributed by atoms with Crippen LogP contribution in [0.4, 0.5) is 0 Å². The summed E-state index contributed by atoms with van der Waals surface area (Å²) in [6.45, 7) is 6.03. The van der Waals surface area contributed by atoms with Crippen LogP contribution in [-0.2, 0) is 6.42 Å². The number of thiazole rings is 1. The number of aryl methyl sites for hydroxylation is 3. The minimum absolute atomic E-state index is 0.0114. The van der Waals surface area contributed by atoms with Crippen LogP contribution in [0.25, 0.3) is 0 Å². The van der Waals surface area contributed by atoms with Crippen molar-refractivity contribution in [1.29, 1.82) is 0 Å². The number of carbonyl (C=O) groups is 1. The van der Waals surface area contributed by atoms with Gasteiger partial charge in [-0.3, -0.25) is 9.78 Å². The lowest BCUT2D eigenvalue weighted by atomic mass is 10.1. The zero-order valence-electron chi connectivity index (χ0n) is 13.2. The molecule has 1 aliphatic rings. The monoisotopic (exact) mass is 315 g/mol. The van der Waals surface area contributed by atoms with Crippen molar-refractivity contribution in [3.8, 4) is 0 Å². The van der Waals surface area contributed by atoms with Gasteiger partial charge in [0.25, 0.3) is 5.91 Å². The molecule has 22 heavy (non-hydrogen) atoms. The maximum absolute atomic E-state index is 12.7. The summed E-state index contributed by atoms with van der Waals surface area (Å²) in [7, 11) is 0. The van der Waals surface area contributed by atoms with Gasteiger partial charge in [0.05, 0.1) is 22.4 Å². The molecule has 1 N–H and O–H groups in total. The van der Waals surface area contributed by atoms with E-state index in [4.69, 9.17) is 0 Å². The molecule has 1 aliphatic carbocycles. The van der Waals surface area contributed by atoms with Crippen LogP contribution in [-0.4, -0.2) is 15.9 Å². The molecule has 1 atom stereocenters. The van der Waals surface area contributed by atoms with Crippen LogP contribution in [0.3, 0.4) is 0 Å². The Hall–Kier alpha value is -1.75. The fourth-order valence-corrected chi connectivity index (χ4v) is 3.60. The lowest BCUT2D eigenvalue weighted by Crippen LogP contribution is -2.30. The number of carbonyl (C=O) groups excluding carboxylic acids is 1. The largest absolute Gasteiger partial charge is 0.343 e. The van der Waals surface area contributed by atoms with Crippen LogP contribution >= 0.6 is 11.3 Å². The Kier molecular flexibility index (Phi) is 4.25. The second-order valence-corrected chi connectivity index (χ2v) is 7.11. The fourth-order valence-electron chi connectivity index (χ4n) is 2.69. The molecule has 1 saturated carbocycles. The average molecular weight is 315 g/mol. The number of nitrogens with zero attached hydrogens (tertiary/aromatic N) is 2. The highest BCUT2D eigenvalue weighted by atomic mass is 32.1. The van der Waals surface area contributed by atoms with Gasteiger partial charge in [-0.05, 0) is 56.7 Å². The van der Waals surface area contributed by atoms with Crippen molar-refractivity contribution in [3.63, 3.8) is 0 Å². The van der Waals surface area contributed by atoms with Gasteiger partial charge in [-0.15, -0.1) is 11.3 Å². The fraction of sp³-hybridized carbons (Fsp3) is 0.471. The Balaban J connectivity index is 1.83. The molecule has 2 aromatic rings. The van der Waals surface area contributed by atoms with E-state index >= 15 is 0 Å². The molecule has 0 radical (unpaired) electrons. The molecule has 0 unspecified atom stereocenters. The van der Waals surface area contributed by atoms with Gasteiger partial charge in [-0.2, -0.15) is 0 Å². The van der Waals surface area contributed by atoms with E-state index in [1.807, 2.05) is 26.1 Å². The van der Waals surface area contributed by atoms with Gasteiger partial charge in [-0.25, -0.2) is 4.98 Å². The molecule has 0 bridgehead atoms. The second kappa shape index (κ2) is 6.16. The topological polar surface area (TPSA) is 54.9 Å². The van der Waals surface area contributed by atoms with Gasteiger partial charge in [-0.1, -0.05) is 6.92 Å². The first-order valence-corrected chi connectivity index (χ1v) is 8.60. The summed E-state index contributed by atoms with van der Waals surface area (Å²) in [5.74, 6) is 0.500. The number of amides is 1. The molecule has 116 valence electrons. The van der Waals surface area contributed by atoms with E-state index in [2.05, 4.69) is 28.3 Å². The normalized spacial score (nSPS) is 15.6. The van der Waals surface area contributed by atoms with Crippen LogP contribution in [0.1, 0.15) is 57.4 Å². The van der Waals surface area contributed by atoms with Crippen molar-refractivity contribution in [1.82, 2.24) is 15.3 Å². The Bertz CT molecular complexity index is 691. The average Bonchev–Trinajstić information content (AvgIpc) is 3.26. The van der Waals surface area contributed by atoms with E-state index in [1.165, 1.54) is 16.9 Å². The van der Waals surface area contributed by atoms with Gasteiger partial charge in [0.1, 0.15) is 4.88 Å². The minimum Gasteiger partial charge on any atom is -0.343 e. The number of nitrogens with one attached hydrogen (secondary N) is 1. The van der Waals surface area contributed by atoms with Crippen LogP contribution in [0.15, 0.2) is 18.3 Å². The van der Waals surface area contributed by atoms with Crippen molar-refractivity contribution in [2.45, 2.75) is 46.1 Å². The van der Waals surface area contributed by atoms with Gasteiger partial charge in [0.15, 0.2) is 0 Å². The summed E-state index contributed by atoms with van der Waals surface area (Å²) < 4.78 is 0. The third-order valence-electron chi connectivity index (χ3n) is 3.98. The van der Waals surface area contributed by atoms with Gasteiger partial charge < -0.3 is 5.32 Å². The molecule has 2 aromatic heterocycles. The molecule has 5 heteroatoms. The van der Waals surface area contributed by atoms with E-state index in [0.717, 1.165) is 40.5 Å². The molecule has 1 fully saturated rings. The van der Waals surface area contributed by atoms with Gasteiger partial charge in [0, 0.05) is 6.20 Å². The molecule has 0 aromatic carbocycles. The van der Waals surface area contributed by atoms with Gasteiger partial charge in [0.2, 0.25) is 0 Å². The first-order valence-electron chi connectivity index (χ1n) is 7.78. The van der Waals surface area contributed by atoms with E-state index < -0.39 is 0 Å². The molecule has 0 spiro atoms. The van der Waals surface area contributed by atoms with Crippen LogP contribution in [0, 0.1) is 19.8 Å². The summed E-state index contributed by atoms with van der Waals surface area (Å²) in [6, 6.07) is 4.07. The Morgan fingerprint density at radius 3 is 2.86 bits per heavy atom. The lowest BCUT2D eigenvalue weighted by Gasteiger charge is -2.18. The molecule has 3 rings (SSSR count). The van der Waals surface area contributed by atoms with Gasteiger partial charge >= 0.3 is 0 Å². The number of aromatic nitrogens is 2. The Labute approximate surface area is 135 Å². The number of pyridine rings is 1. The van der Waals surface area contributed by atoms with E-state index in [-0.39, 0.29) is 11.9 Å². The summed E-state index contributed by atoms with van der Waals surface area (Å²) >= 11 is 1.48. The standard InChI is InChI=1S/C17H21N3OS/c1-4-13-16(22-11(3)19-13)17(21)20-15(12-5-6-12)14-9-10(2)7-8-18-14/h7-9,12,15H,4-6H2,1-3H3,(H,20,21)/t15-/m1/s1. The highest BCUT2D eigenvalue weighted by Crippen LogP contribution is 2.40. The Morgan fingerprint density at radius 1 is 1.45 bits per heavy atom. The quantitative estimate of drug-likeness (QED) is 0.917. The lowest BCUT2D eigenvalue weighted by molar-refractivity contribution is 0.0933. The van der Waals surface area contributed by atoms with Crippen LogP contribution in [0.2, 0.25) is 0 Å². The SMILES string of the molecule is CCc1nc(C)sc1C(=O)N[C@@H](c1cc(C)ccn1)C1CC1. The predicted octanol–water partition coefficient (Wildman–Crippen LogP) is 3.60. The number of rotatable bonds is 5. The molecular weight excluding hydrogens is 294 g/mol. The summed E-state index contributed by atoms with van der Waals surface area (Å²) in [5.41, 5.74) is 3.04. The predicted molar refractivity (Wildman–Crippen MR) is 88.1 cm³/mol. The van der Waals surface area contributed by atoms with E-state index in [1.54, 1.807) is 0 Å². The van der Waals surface area contributed by atoms with Crippen molar-refractivity contribution in [2.75, 3.05) is 0 Å². The summed E-state index contributed by atoms with van der Waals surface area (Å²) in [4.78, 5) is 22.3. The van der Waals surface area contributed by atoms with E-state index in [9.17, 15) is 4.79 Å². The third kappa shape index (κ3) is 3.19. The zero-order chi connectivity index (χ0) is 15.7. The van der Waals surface area contributed by atoms with Crippen molar-refractivity contribution in [2.24, 2.45) is 5.92 Å².